The fourth-order valence-electron chi connectivity index (χ4n) is 4.43. The summed E-state index contributed by atoms with van der Waals surface area (Å²) in [5.74, 6) is -0.460. The summed E-state index contributed by atoms with van der Waals surface area (Å²) < 4.78 is 5.76. The van der Waals surface area contributed by atoms with Crippen LogP contribution in [0.3, 0.4) is 0 Å². The highest BCUT2D eigenvalue weighted by molar-refractivity contribution is 6.08. The highest BCUT2D eigenvalue weighted by Crippen LogP contribution is 2.37. The second-order valence-electron chi connectivity index (χ2n) is 9.32. The van der Waals surface area contributed by atoms with Gasteiger partial charge in [0, 0.05) is 0 Å². The van der Waals surface area contributed by atoms with Crippen LogP contribution in [-0.4, -0.2) is 34.8 Å². The molecule has 1 aromatic carbocycles. The van der Waals surface area contributed by atoms with E-state index in [1.165, 1.54) is 4.90 Å². The number of benzene rings is 1. The van der Waals surface area contributed by atoms with Gasteiger partial charge in [-0.25, -0.2) is 0 Å². The molecule has 1 fully saturated rings. The molecule has 3 rings (SSSR count). The maximum absolute atomic E-state index is 13.3. The van der Waals surface area contributed by atoms with Gasteiger partial charge in [0.15, 0.2) is 0 Å². The van der Waals surface area contributed by atoms with Crippen LogP contribution in [0.1, 0.15) is 65.5 Å². The number of nitrogens with zero attached hydrogens (tertiary/aromatic N) is 1. The number of ether oxygens (including phenoxy) is 1. The summed E-state index contributed by atoms with van der Waals surface area (Å²) >= 11 is 0. The van der Waals surface area contributed by atoms with Crippen LogP contribution in [0.2, 0.25) is 0 Å². The van der Waals surface area contributed by atoms with Gasteiger partial charge in [-0.15, -0.1) is 0 Å². The Balaban J connectivity index is 1.78. The minimum Gasteiger partial charge on any atom is -0.491 e. The zero-order valence-electron chi connectivity index (χ0n) is 19.1. The lowest BCUT2D eigenvalue weighted by Crippen LogP contribution is -2.51. The molecule has 168 valence electrons. The second-order valence-corrected chi connectivity index (χ2v) is 9.32. The Morgan fingerprint density at radius 1 is 1.06 bits per heavy atom. The summed E-state index contributed by atoms with van der Waals surface area (Å²) in [6.45, 7) is 9.82. The van der Waals surface area contributed by atoms with Gasteiger partial charge in [-0.05, 0) is 63.6 Å². The number of likely N-dealkylation sites (tertiary alicyclic amines) is 1. The van der Waals surface area contributed by atoms with E-state index in [1.807, 2.05) is 71.0 Å². The van der Waals surface area contributed by atoms with E-state index in [9.17, 15) is 14.4 Å². The van der Waals surface area contributed by atoms with Crippen LogP contribution in [-0.2, 0) is 14.4 Å². The van der Waals surface area contributed by atoms with Crippen molar-refractivity contribution in [1.82, 2.24) is 10.2 Å². The summed E-state index contributed by atoms with van der Waals surface area (Å²) in [7, 11) is 0. The maximum Gasteiger partial charge on any atom is 0.243 e. The second kappa shape index (κ2) is 9.67. The molecule has 4 unspecified atom stereocenters. The summed E-state index contributed by atoms with van der Waals surface area (Å²) in [6, 6.07) is 6.55. The number of carbonyl (C=O) groups excluding carboxylic acids is 3. The van der Waals surface area contributed by atoms with Gasteiger partial charge in [0.25, 0.3) is 0 Å². The van der Waals surface area contributed by atoms with Gasteiger partial charge < -0.3 is 10.1 Å². The zero-order valence-corrected chi connectivity index (χ0v) is 19.1. The molecule has 0 aromatic heterocycles. The molecule has 0 spiro atoms. The summed E-state index contributed by atoms with van der Waals surface area (Å²) in [5.41, 5.74) is 0.909. The zero-order chi connectivity index (χ0) is 22.7. The maximum atomic E-state index is 13.3. The van der Waals surface area contributed by atoms with E-state index in [2.05, 4.69) is 5.32 Å². The average molecular weight is 427 g/mol. The van der Waals surface area contributed by atoms with Gasteiger partial charge in [0.1, 0.15) is 11.8 Å². The minimum atomic E-state index is -0.789. The molecule has 1 aliphatic heterocycles. The van der Waals surface area contributed by atoms with Gasteiger partial charge >= 0.3 is 0 Å². The first-order chi connectivity index (χ1) is 14.7. The molecular weight excluding hydrogens is 392 g/mol. The topological polar surface area (TPSA) is 75.7 Å². The van der Waals surface area contributed by atoms with Gasteiger partial charge in [-0.1, -0.05) is 38.1 Å². The number of rotatable bonds is 8. The van der Waals surface area contributed by atoms with Crippen molar-refractivity contribution < 1.29 is 19.1 Å². The van der Waals surface area contributed by atoms with Crippen molar-refractivity contribution in [2.24, 2.45) is 17.8 Å². The average Bonchev–Trinajstić information content (AvgIpc) is 2.96. The number of fused-ring (bicyclic) bond motifs is 1. The third kappa shape index (κ3) is 5.17. The Hall–Kier alpha value is -2.63. The first-order valence-electron chi connectivity index (χ1n) is 11.3. The van der Waals surface area contributed by atoms with Gasteiger partial charge in [-0.2, -0.15) is 0 Å². The van der Waals surface area contributed by atoms with Gasteiger partial charge in [0.05, 0.1) is 24.0 Å². The van der Waals surface area contributed by atoms with Crippen molar-refractivity contribution in [3.05, 3.63) is 42.0 Å². The molecule has 6 heteroatoms. The van der Waals surface area contributed by atoms with Gasteiger partial charge in [0.2, 0.25) is 17.7 Å². The third-order valence-corrected chi connectivity index (χ3v) is 5.94. The number of carbonyl (C=O) groups is 3. The van der Waals surface area contributed by atoms with E-state index in [0.29, 0.717) is 19.3 Å². The van der Waals surface area contributed by atoms with Crippen molar-refractivity contribution in [3.63, 3.8) is 0 Å². The van der Waals surface area contributed by atoms with Crippen LogP contribution >= 0.6 is 0 Å². The molecule has 31 heavy (non-hydrogen) atoms. The third-order valence-electron chi connectivity index (χ3n) is 5.94. The molecule has 1 aliphatic carbocycles. The highest BCUT2D eigenvalue weighted by Gasteiger charge is 2.51. The molecule has 3 amide bonds. The molecule has 0 bridgehead atoms. The van der Waals surface area contributed by atoms with Crippen molar-refractivity contribution >= 4 is 17.7 Å². The van der Waals surface area contributed by atoms with Crippen LogP contribution < -0.4 is 10.1 Å². The van der Waals surface area contributed by atoms with Crippen molar-refractivity contribution in [2.75, 3.05) is 0 Å². The molecular formula is C25H34N2O4. The smallest absolute Gasteiger partial charge is 0.243 e. The first kappa shape index (κ1) is 23.0. The number of amides is 3. The van der Waals surface area contributed by atoms with Crippen LogP contribution in [0.25, 0.3) is 0 Å². The van der Waals surface area contributed by atoms with E-state index >= 15 is 0 Å². The standard InChI is InChI=1S/C25H34N2O4/c1-15(2)13-22(27-24(29)20-11-6-7-12-21(20)25(27)30)23(28)26-17(5)18-9-8-10-19(14-18)31-16(3)4/h6-10,14-17,20-22H,11-13H2,1-5H3,(H,26,28). The Kier molecular flexibility index (Phi) is 7.19. The molecule has 2 aliphatic rings. The number of hydrogen-bond acceptors (Lipinski definition) is 4. The summed E-state index contributed by atoms with van der Waals surface area (Å²) in [6.07, 6.45) is 5.56. The summed E-state index contributed by atoms with van der Waals surface area (Å²) in [4.78, 5) is 40.7. The van der Waals surface area contributed by atoms with E-state index in [0.717, 1.165) is 11.3 Å². The molecule has 1 saturated heterocycles. The van der Waals surface area contributed by atoms with Crippen molar-refractivity contribution in [3.8, 4) is 5.75 Å². The van der Waals surface area contributed by atoms with E-state index < -0.39 is 6.04 Å². The predicted molar refractivity (Wildman–Crippen MR) is 119 cm³/mol. The normalized spacial score (nSPS) is 22.6. The lowest BCUT2D eigenvalue weighted by molar-refractivity contribution is -0.148. The molecule has 1 heterocycles. The quantitative estimate of drug-likeness (QED) is 0.503. The van der Waals surface area contributed by atoms with Crippen LogP contribution in [0.15, 0.2) is 36.4 Å². The SMILES string of the molecule is CC(C)CC(C(=O)NC(C)c1cccc(OC(C)C)c1)N1C(=O)C2CC=CCC2C1=O. The Morgan fingerprint density at radius 2 is 1.68 bits per heavy atom. The predicted octanol–water partition coefficient (Wildman–Crippen LogP) is 4.02. The van der Waals surface area contributed by atoms with Crippen molar-refractivity contribution in [2.45, 2.75) is 72.1 Å². The highest BCUT2D eigenvalue weighted by atomic mass is 16.5. The number of nitrogens with one attached hydrogen (secondary N) is 1. The minimum absolute atomic E-state index is 0.0563. The van der Waals surface area contributed by atoms with Gasteiger partial charge in [-0.3, -0.25) is 19.3 Å². The molecule has 0 saturated carbocycles. The van der Waals surface area contributed by atoms with Crippen LogP contribution in [0.5, 0.6) is 5.75 Å². The van der Waals surface area contributed by atoms with Crippen molar-refractivity contribution in [1.29, 1.82) is 0 Å². The lowest BCUT2D eigenvalue weighted by atomic mass is 9.85. The molecule has 6 nitrogen and oxygen atoms in total. The monoisotopic (exact) mass is 426 g/mol. The number of imide groups is 1. The van der Waals surface area contributed by atoms with E-state index in [4.69, 9.17) is 4.74 Å². The fourth-order valence-corrected chi connectivity index (χ4v) is 4.43. The summed E-state index contributed by atoms with van der Waals surface area (Å²) in [5, 5.41) is 3.03. The Morgan fingerprint density at radius 3 is 2.23 bits per heavy atom. The lowest BCUT2D eigenvalue weighted by Gasteiger charge is -2.29. The van der Waals surface area contributed by atoms with Crippen LogP contribution in [0, 0.1) is 17.8 Å². The van der Waals surface area contributed by atoms with E-state index in [1.54, 1.807) is 0 Å². The largest absolute Gasteiger partial charge is 0.491 e. The molecule has 4 atom stereocenters. The molecule has 0 radical (unpaired) electrons. The first-order valence-corrected chi connectivity index (χ1v) is 11.3. The Bertz CT molecular complexity index is 835. The molecule has 1 aromatic rings. The number of hydrogen-bond donors (Lipinski definition) is 1. The van der Waals surface area contributed by atoms with Crippen LogP contribution in [0.4, 0.5) is 0 Å². The molecule has 1 N–H and O–H groups in total. The number of allylic oxidation sites excluding steroid dienone is 2. The Labute approximate surface area is 185 Å². The van der Waals surface area contributed by atoms with E-state index in [-0.39, 0.29) is 47.6 Å². The fraction of sp³-hybridized carbons (Fsp3) is 0.560.